The predicted octanol–water partition coefficient (Wildman–Crippen LogP) is 0.401. The number of rotatable bonds is 3. The molecule has 13 heavy (non-hydrogen) atoms. The molecule has 0 bridgehead atoms. The molecule has 1 aromatic rings. The van der Waals surface area contributed by atoms with Gasteiger partial charge in [0, 0.05) is 13.6 Å². The van der Waals surface area contributed by atoms with Crippen LogP contribution in [0.1, 0.15) is 5.56 Å². The molecule has 0 fully saturated rings. The van der Waals surface area contributed by atoms with Crippen molar-refractivity contribution in [1.29, 1.82) is 0 Å². The van der Waals surface area contributed by atoms with Crippen molar-refractivity contribution < 1.29 is 5.11 Å². The van der Waals surface area contributed by atoms with E-state index in [9.17, 15) is 0 Å². The average Bonchev–Trinajstić information content (AvgIpc) is 2.10. The van der Waals surface area contributed by atoms with Crippen LogP contribution in [0.3, 0.4) is 0 Å². The number of aliphatic hydroxyl groups excluding tert-OH is 1. The minimum absolute atomic E-state index is 0.139. The molecule has 0 atom stereocenters. The Kier molecular flexibility index (Phi) is 3.08. The highest BCUT2D eigenvalue weighted by molar-refractivity contribution is 5.52. The number of hydrogen-bond donors (Lipinski definition) is 2. The van der Waals surface area contributed by atoms with Gasteiger partial charge in [0.15, 0.2) is 0 Å². The molecule has 1 heterocycles. The number of nitrogens with two attached hydrogens (primary N) is 1. The molecule has 0 saturated carbocycles. The summed E-state index contributed by atoms with van der Waals surface area (Å²) in [7, 11) is 1.91. The largest absolute Gasteiger partial charge is 0.395 e. The number of pyridine rings is 1. The highest BCUT2D eigenvalue weighted by atomic mass is 16.3. The van der Waals surface area contributed by atoms with Gasteiger partial charge in [-0.05, 0) is 18.6 Å². The number of likely N-dealkylation sites (N-methyl/N-ethyl adjacent to an activating group) is 1. The van der Waals surface area contributed by atoms with Gasteiger partial charge in [0.05, 0.1) is 18.5 Å². The summed E-state index contributed by atoms with van der Waals surface area (Å²) in [5.74, 6) is 0.557. The number of anilines is 2. The molecule has 0 spiro atoms. The third kappa shape index (κ3) is 2.32. The minimum Gasteiger partial charge on any atom is -0.395 e. The molecule has 3 N–H and O–H groups in total. The first-order valence-corrected chi connectivity index (χ1v) is 4.19. The van der Waals surface area contributed by atoms with E-state index in [4.69, 9.17) is 10.8 Å². The second kappa shape index (κ2) is 4.09. The Labute approximate surface area is 78.0 Å². The Morgan fingerprint density at radius 3 is 2.85 bits per heavy atom. The van der Waals surface area contributed by atoms with Crippen molar-refractivity contribution in [2.24, 2.45) is 0 Å². The van der Waals surface area contributed by atoms with E-state index in [1.54, 1.807) is 6.20 Å². The van der Waals surface area contributed by atoms with Gasteiger partial charge in [0.2, 0.25) is 0 Å². The van der Waals surface area contributed by atoms with Gasteiger partial charge in [-0.25, -0.2) is 4.98 Å². The molecule has 4 nitrogen and oxygen atoms in total. The smallest absolute Gasteiger partial charge is 0.126 e. The second-order valence-corrected chi connectivity index (χ2v) is 3.04. The van der Waals surface area contributed by atoms with Crippen LogP contribution < -0.4 is 10.6 Å². The van der Waals surface area contributed by atoms with Crippen molar-refractivity contribution in [2.45, 2.75) is 6.92 Å². The van der Waals surface area contributed by atoms with Crippen LogP contribution in [0.25, 0.3) is 0 Å². The van der Waals surface area contributed by atoms with E-state index < -0.39 is 0 Å². The normalized spacial score (nSPS) is 10.1. The molecule has 1 aromatic heterocycles. The molecule has 0 aliphatic carbocycles. The molecule has 0 aliphatic rings. The Hall–Kier alpha value is -1.29. The molecular weight excluding hydrogens is 166 g/mol. The van der Waals surface area contributed by atoms with Crippen molar-refractivity contribution in [3.05, 3.63) is 17.8 Å². The van der Waals surface area contributed by atoms with Gasteiger partial charge < -0.3 is 15.7 Å². The summed E-state index contributed by atoms with van der Waals surface area (Å²) in [6, 6.07) is 1.96. The Balaban J connectivity index is 2.84. The van der Waals surface area contributed by atoms with Gasteiger partial charge in [-0.1, -0.05) is 0 Å². The van der Waals surface area contributed by atoms with E-state index in [2.05, 4.69) is 4.98 Å². The van der Waals surface area contributed by atoms with Crippen LogP contribution in [-0.2, 0) is 0 Å². The maximum absolute atomic E-state index is 8.74. The van der Waals surface area contributed by atoms with Crippen molar-refractivity contribution in [3.8, 4) is 0 Å². The van der Waals surface area contributed by atoms with Gasteiger partial charge in [0.1, 0.15) is 5.82 Å². The summed E-state index contributed by atoms with van der Waals surface area (Å²) < 4.78 is 0. The third-order valence-electron chi connectivity index (χ3n) is 1.98. The first-order valence-electron chi connectivity index (χ1n) is 4.19. The van der Waals surface area contributed by atoms with Crippen LogP contribution in [0.5, 0.6) is 0 Å². The molecule has 0 amide bonds. The van der Waals surface area contributed by atoms with Crippen LogP contribution >= 0.6 is 0 Å². The summed E-state index contributed by atoms with van der Waals surface area (Å²) in [5, 5.41) is 8.74. The van der Waals surface area contributed by atoms with Crippen LogP contribution in [0.2, 0.25) is 0 Å². The summed E-state index contributed by atoms with van der Waals surface area (Å²) in [4.78, 5) is 5.97. The van der Waals surface area contributed by atoms with Gasteiger partial charge in [0.25, 0.3) is 0 Å². The van der Waals surface area contributed by atoms with Crippen molar-refractivity contribution in [3.63, 3.8) is 0 Å². The zero-order valence-electron chi connectivity index (χ0n) is 7.99. The lowest BCUT2D eigenvalue weighted by atomic mass is 10.2. The zero-order valence-corrected chi connectivity index (χ0v) is 7.99. The number of aliphatic hydroxyl groups is 1. The molecule has 0 unspecified atom stereocenters. The Bertz CT molecular complexity index is 288. The third-order valence-corrected chi connectivity index (χ3v) is 1.98. The van der Waals surface area contributed by atoms with Gasteiger partial charge in [-0.3, -0.25) is 0 Å². The highest BCUT2D eigenvalue weighted by Crippen LogP contribution is 2.16. The number of hydrogen-bond acceptors (Lipinski definition) is 4. The van der Waals surface area contributed by atoms with Gasteiger partial charge >= 0.3 is 0 Å². The monoisotopic (exact) mass is 181 g/mol. The fraction of sp³-hybridized carbons (Fsp3) is 0.444. The standard InChI is InChI=1S/C9H15N3O/c1-7-5-8(6-11-9(7)10)12(2)3-4-13/h5-6,13H,3-4H2,1-2H3,(H2,10,11). The van der Waals surface area contributed by atoms with E-state index in [1.165, 1.54) is 0 Å². The van der Waals surface area contributed by atoms with Crippen LogP contribution in [-0.4, -0.2) is 30.3 Å². The van der Waals surface area contributed by atoms with Crippen molar-refractivity contribution >= 4 is 11.5 Å². The SMILES string of the molecule is Cc1cc(N(C)CCO)cnc1N. The summed E-state index contributed by atoms with van der Waals surface area (Å²) >= 11 is 0. The summed E-state index contributed by atoms with van der Waals surface area (Å²) in [6.07, 6.45) is 1.71. The maximum atomic E-state index is 8.74. The fourth-order valence-corrected chi connectivity index (χ4v) is 1.06. The average molecular weight is 181 g/mol. The van der Waals surface area contributed by atoms with Gasteiger partial charge in [-0.15, -0.1) is 0 Å². The second-order valence-electron chi connectivity index (χ2n) is 3.04. The number of aryl methyl sites for hydroxylation is 1. The lowest BCUT2D eigenvalue weighted by molar-refractivity contribution is 0.304. The van der Waals surface area contributed by atoms with Crippen molar-refractivity contribution in [1.82, 2.24) is 4.98 Å². The van der Waals surface area contributed by atoms with Crippen LogP contribution in [0.15, 0.2) is 12.3 Å². The molecular formula is C9H15N3O. The summed E-state index contributed by atoms with van der Waals surface area (Å²) in [5.41, 5.74) is 7.52. The molecule has 0 saturated heterocycles. The van der Waals surface area contributed by atoms with Crippen LogP contribution in [0.4, 0.5) is 11.5 Å². The minimum atomic E-state index is 0.139. The van der Waals surface area contributed by atoms with Crippen LogP contribution in [0, 0.1) is 6.92 Å². The van der Waals surface area contributed by atoms with Crippen molar-refractivity contribution in [2.75, 3.05) is 30.8 Å². The molecule has 1 rings (SSSR count). The zero-order chi connectivity index (χ0) is 9.84. The van der Waals surface area contributed by atoms with E-state index >= 15 is 0 Å². The van der Waals surface area contributed by atoms with E-state index in [-0.39, 0.29) is 6.61 Å². The Morgan fingerprint density at radius 1 is 1.62 bits per heavy atom. The topological polar surface area (TPSA) is 62.4 Å². The molecule has 0 aromatic carbocycles. The molecule has 0 radical (unpaired) electrons. The maximum Gasteiger partial charge on any atom is 0.126 e. The van der Waals surface area contributed by atoms with E-state index in [0.717, 1.165) is 11.3 Å². The molecule has 72 valence electrons. The Morgan fingerprint density at radius 2 is 2.31 bits per heavy atom. The summed E-state index contributed by atoms with van der Waals surface area (Å²) in [6.45, 7) is 2.66. The fourth-order valence-electron chi connectivity index (χ4n) is 1.06. The first kappa shape index (κ1) is 9.80. The molecule has 4 heteroatoms. The van der Waals surface area contributed by atoms with E-state index in [1.807, 2.05) is 24.9 Å². The predicted molar refractivity (Wildman–Crippen MR) is 53.7 cm³/mol. The first-order chi connectivity index (χ1) is 6.15. The van der Waals surface area contributed by atoms with E-state index in [0.29, 0.717) is 12.4 Å². The lowest BCUT2D eigenvalue weighted by Gasteiger charge is -2.18. The number of aromatic nitrogens is 1. The highest BCUT2D eigenvalue weighted by Gasteiger charge is 2.02. The number of nitrogens with zero attached hydrogens (tertiary/aromatic N) is 2. The lowest BCUT2D eigenvalue weighted by Crippen LogP contribution is -2.21. The quantitative estimate of drug-likeness (QED) is 0.708. The van der Waals surface area contributed by atoms with Gasteiger partial charge in [-0.2, -0.15) is 0 Å². The number of nitrogen functional groups attached to an aromatic ring is 1. The molecule has 0 aliphatic heterocycles.